The minimum absolute atomic E-state index is 0.252. The molecule has 3 aromatic rings. The summed E-state index contributed by atoms with van der Waals surface area (Å²) in [6, 6.07) is 22.6. The lowest BCUT2D eigenvalue weighted by molar-refractivity contribution is 0.0288. The lowest BCUT2D eigenvalue weighted by Gasteiger charge is -2.45. The number of aromatic nitrogens is 1. The van der Waals surface area contributed by atoms with Crippen molar-refractivity contribution in [2.24, 2.45) is 0 Å². The molecule has 5 rings (SSSR count). The van der Waals surface area contributed by atoms with Crippen LogP contribution in [0.3, 0.4) is 0 Å². The largest absolute Gasteiger partial charge is 0.297 e. The highest BCUT2D eigenvalue weighted by Crippen LogP contribution is 2.42. The van der Waals surface area contributed by atoms with Crippen LogP contribution in [0.5, 0.6) is 0 Å². The van der Waals surface area contributed by atoms with Crippen LogP contribution in [0.15, 0.2) is 79.1 Å². The van der Waals surface area contributed by atoms with Crippen LogP contribution in [0, 0.1) is 0 Å². The number of hydrogen-bond acceptors (Lipinski definition) is 4. The summed E-state index contributed by atoms with van der Waals surface area (Å²) in [5.41, 5.74) is 3.88. The van der Waals surface area contributed by atoms with Gasteiger partial charge in [-0.2, -0.15) is 0 Å². The van der Waals surface area contributed by atoms with Crippen molar-refractivity contribution in [2.45, 2.75) is 18.5 Å². The van der Waals surface area contributed by atoms with Gasteiger partial charge in [0.05, 0.1) is 0 Å². The van der Waals surface area contributed by atoms with Gasteiger partial charge in [0.15, 0.2) is 5.78 Å². The first-order valence-corrected chi connectivity index (χ1v) is 10.3. The number of benzene rings is 2. The molecule has 0 N–H and O–H groups in total. The maximum absolute atomic E-state index is 13.7. The molecule has 0 spiro atoms. The molecular weight excluding hydrogens is 358 g/mol. The average molecular weight is 383 g/mol. The van der Waals surface area contributed by atoms with E-state index in [0.29, 0.717) is 0 Å². The number of pyridine rings is 1. The number of rotatable bonds is 4. The minimum atomic E-state index is -0.576. The maximum Gasteiger partial charge on any atom is 0.188 e. The van der Waals surface area contributed by atoms with Gasteiger partial charge in [-0.1, -0.05) is 54.6 Å². The molecule has 1 aromatic heterocycles. The van der Waals surface area contributed by atoms with Crippen LogP contribution in [0.25, 0.3) is 0 Å². The zero-order valence-corrected chi connectivity index (χ0v) is 16.5. The Labute approximate surface area is 171 Å². The van der Waals surface area contributed by atoms with E-state index < -0.39 is 5.54 Å². The molecule has 4 heteroatoms. The van der Waals surface area contributed by atoms with E-state index in [0.717, 1.165) is 50.3 Å². The zero-order valence-electron chi connectivity index (χ0n) is 16.5. The van der Waals surface area contributed by atoms with Crippen LogP contribution in [-0.2, 0) is 18.5 Å². The number of ketones is 1. The Balaban J connectivity index is 1.42. The van der Waals surface area contributed by atoms with Gasteiger partial charge in [0, 0.05) is 57.1 Å². The SMILES string of the molecule is O=C1c2ccccc2CC1(c1ccccc1)N1CCN(Cc2ccncc2)CC1. The highest BCUT2D eigenvalue weighted by Gasteiger charge is 2.51. The number of hydrogen-bond donors (Lipinski definition) is 0. The Morgan fingerprint density at radius 3 is 2.24 bits per heavy atom. The van der Waals surface area contributed by atoms with E-state index in [1.807, 2.05) is 48.8 Å². The van der Waals surface area contributed by atoms with Crippen LogP contribution in [0.2, 0.25) is 0 Å². The normalized spacial score (nSPS) is 22.6. The number of nitrogens with zero attached hydrogens (tertiary/aromatic N) is 3. The maximum atomic E-state index is 13.7. The van der Waals surface area contributed by atoms with Gasteiger partial charge in [-0.05, 0) is 28.8 Å². The first kappa shape index (κ1) is 18.2. The van der Waals surface area contributed by atoms with Crippen LogP contribution in [-0.4, -0.2) is 46.7 Å². The van der Waals surface area contributed by atoms with E-state index in [1.165, 1.54) is 11.1 Å². The quantitative estimate of drug-likeness (QED) is 0.691. The van der Waals surface area contributed by atoms with Gasteiger partial charge in [-0.15, -0.1) is 0 Å². The van der Waals surface area contributed by atoms with Crippen molar-refractivity contribution in [1.82, 2.24) is 14.8 Å². The number of Topliss-reactive ketones (excluding diaryl/α,β-unsaturated/α-hetero) is 1. The highest BCUT2D eigenvalue weighted by molar-refractivity contribution is 6.08. The number of piperazine rings is 1. The number of carbonyl (C=O) groups excluding carboxylic acids is 1. The van der Waals surface area contributed by atoms with Crippen molar-refractivity contribution in [3.05, 3.63) is 101 Å². The molecule has 1 aliphatic heterocycles. The van der Waals surface area contributed by atoms with Crippen LogP contribution in [0.1, 0.15) is 27.0 Å². The summed E-state index contributed by atoms with van der Waals surface area (Å²) in [6.45, 7) is 4.63. The molecule has 1 saturated heterocycles. The molecule has 1 atom stereocenters. The standard InChI is InChI=1S/C25H25N3O/c29-24-23-9-5-4-6-21(23)18-25(24,22-7-2-1-3-8-22)28-16-14-27(15-17-28)19-20-10-12-26-13-11-20/h1-13H,14-19H2. The summed E-state index contributed by atoms with van der Waals surface area (Å²) in [5.74, 6) is 0.252. The fraction of sp³-hybridized carbons (Fsp3) is 0.280. The van der Waals surface area contributed by atoms with Crippen LogP contribution >= 0.6 is 0 Å². The van der Waals surface area contributed by atoms with E-state index in [4.69, 9.17) is 0 Å². The summed E-state index contributed by atoms with van der Waals surface area (Å²) in [6.07, 6.45) is 4.46. The van der Waals surface area contributed by atoms with Gasteiger partial charge in [0.25, 0.3) is 0 Å². The van der Waals surface area contributed by atoms with E-state index in [1.54, 1.807) is 0 Å². The van der Waals surface area contributed by atoms with Gasteiger partial charge >= 0.3 is 0 Å². The Kier molecular flexibility index (Phi) is 4.74. The summed E-state index contributed by atoms with van der Waals surface area (Å²) in [7, 11) is 0. The molecule has 0 amide bonds. The third-order valence-corrected chi connectivity index (χ3v) is 6.40. The molecule has 29 heavy (non-hydrogen) atoms. The van der Waals surface area contributed by atoms with Crippen molar-refractivity contribution in [2.75, 3.05) is 26.2 Å². The smallest absolute Gasteiger partial charge is 0.188 e. The lowest BCUT2D eigenvalue weighted by Crippen LogP contribution is -2.58. The fourth-order valence-electron chi connectivity index (χ4n) is 4.89. The van der Waals surface area contributed by atoms with Gasteiger partial charge in [-0.3, -0.25) is 19.6 Å². The molecule has 0 radical (unpaired) electrons. The monoisotopic (exact) mass is 383 g/mol. The molecular formula is C25H25N3O. The highest BCUT2D eigenvalue weighted by atomic mass is 16.1. The van der Waals surface area contributed by atoms with E-state index >= 15 is 0 Å². The number of fused-ring (bicyclic) bond motifs is 1. The van der Waals surface area contributed by atoms with Crippen LogP contribution < -0.4 is 0 Å². The summed E-state index contributed by atoms with van der Waals surface area (Å²) < 4.78 is 0. The van der Waals surface area contributed by atoms with Gasteiger partial charge in [0.2, 0.25) is 0 Å². The Bertz CT molecular complexity index is 997. The Hall–Kier alpha value is -2.82. The van der Waals surface area contributed by atoms with Crippen molar-refractivity contribution in [3.8, 4) is 0 Å². The summed E-state index contributed by atoms with van der Waals surface area (Å²) in [5, 5.41) is 0. The van der Waals surface area contributed by atoms with Crippen molar-refractivity contribution in [3.63, 3.8) is 0 Å². The van der Waals surface area contributed by atoms with E-state index in [9.17, 15) is 4.79 Å². The summed E-state index contributed by atoms with van der Waals surface area (Å²) in [4.78, 5) is 22.7. The number of carbonyl (C=O) groups is 1. The van der Waals surface area contributed by atoms with E-state index in [-0.39, 0.29) is 5.78 Å². The first-order chi connectivity index (χ1) is 14.3. The molecule has 1 unspecified atom stereocenters. The Morgan fingerprint density at radius 1 is 0.828 bits per heavy atom. The lowest BCUT2D eigenvalue weighted by atomic mass is 9.83. The summed E-state index contributed by atoms with van der Waals surface area (Å²) >= 11 is 0. The van der Waals surface area contributed by atoms with Crippen molar-refractivity contribution >= 4 is 5.78 Å². The predicted molar refractivity (Wildman–Crippen MR) is 114 cm³/mol. The molecule has 0 bridgehead atoms. The average Bonchev–Trinajstić information content (AvgIpc) is 3.09. The zero-order chi connectivity index (χ0) is 19.7. The third kappa shape index (κ3) is 3.18. The molecule has 146 valence electrons. The Morgan fingerprint density at radius 2 is 1.52 bits per heavy atom. The minimum Gasteiger partial charge on any atom is -0.297 e. The topological polar surface area (TPSA) is 36.4 Å². The molecule has 2 heterocycles. The predicted octanol–water partition coefficient (Wildman–Crippen LogP) is 3.53. The van der Waals surface area contributed by atoms with E-state index in [2.05, 4.69) is 45.1 Å². The molecule has 0 saturated carbocycles. The molecule has 2 aromatic carbocycles. The van der Waals surface area contributed by atoms with Gasteiger partial charge in [-0.25, -0.2) is 0 Å². The second kappa shape index (κ2) is 7.54. The fourth-order valence-corrected chi connectivity index (χ4v) is 4.89. The van der Waals surface area contributed by atoms with Crippen LogP contribution in [0.4, 0.5) is 0 Å². The third-order valence-electron chi connectivity index (χ3n) is 6.40. The van der Waals surface area contributed by atoms with Crippen molar-refractivity contribution in [1.29, 1.82) is 0 Å². The second-order valence-corrected chi connectivity index (χ2v) is 8.01. The first-order valence-electron chi connectivity index (χ1n) is 10.3. The second-order valence-electron chi connectivity index (χ2n) is 8.01. The molecule has 1 fully saturated rings. The van der Waals surface area contributed by atoms with Gasteiger partial charge in [0.1, 0.15) is 5.54 Å². The molecule has 2 aliphatic rings. The van der Waals surface area contributed by atoms with Gasteiger partial charge < -0.3 is 0 Å². The van der Waals surface area contributed by atoms with Crippen molar-refractivity contribution < 1.29 is 4.79 Å². The molecule has 1 aliphatic carbocycles. The molecule has 4 nitrogen and oxygen atoms in total.